The van der Waals surface area contributed by atoms with Gasteiger partial charge < -0.3 is 4.90 Å². The molecule has 136 valence electrons. The second kappa shape index (κ2) is 6.94. The maximum Gasteiger partial charge on any atom is 0.271 e. The predicted octanol–water partition coefficient (Wildman–Crippen LogP) is 5.89. The third-order valence-corrected chi connectivity index (χ3v) is 5.49. The van der Waals surface area contributed by atoms with Gasteiger partial charge in [0.25, 0.3) is 5.69 Å². The van der Waals surface area contributed by atoms with Crippen LogP contribution >= 0.6 is 0 Å². The van der Waals surface area contributed by atoms with Crippen LogP contribution in [0.3, 0.4) is 0 Å². The second-order valence-electron chi connectivity index (χ2n) is 7.26. The molecule has 26 heavy (non-hydrogen) atoms. The predicted molar refractivity (Wildman–Crippen MR) is 107 cm³/mol. The zero-order chi connectivity index (χ0) is 18.9. The summed E-state index contributed by atoms with van der Waals surface area (Å²) >= 11 is 0. The number of hydrogen-bond donors (Lipinski definition) is 0. The van der Waals surface area contributed by atoms with E-state index in [0.29, 0.717) is 0 Å². The van der Waals surface area contributed by atoms with Crippen LogP contribution in [-0.2, 0) is 6.54 Å². The van der Waals surface area contributed by atoms with Gasteiger partial charge in [-0.15, -0.1) is 0 Å². The van der Waals surface area contributed by atoms with Crippen molar-refractivity contribution >= 4 is 16.9 Å². The topological polar surface area (TPSA) is 46.4 Å². The molecule has 2 aromatic carbocycles. The molecule has 0 saturated heterocycles. The van der Waals surface area contributed by atoms with Crippen LogP contribution in [0.1, 0.15) is 50.3 Å². The Balaban J connectivity index is 2.13. The summed E-state index contributed by atoms with van der Waals surface area (Å²) in [5.74, 6) is 0. The molecule has 0 saturated carbocycles. The van der Waals surface area contributed by atoms with Crippen LogP contribution in [0.2, 0.25) is 0 Å². The molecule has 1 heterocycles. The first-order valence-corrected chi connectivity index (χ1v) is 9.21. The van der Waals surface area contributed by atoms with Gasteiger partial charge in [-0.25, -0.2) is 0 Å². The number of nitro groups is 1. The summed E-state index contributed by atoms with van der Waals surface area (Å²) in [4.78, 5) is 13.4. The maximum absolute atomic E-state index is 11.3. The molecule has 2 aromatic rings. The lowest BCUT2D eigenvalue weighted by Gasteiger charge is -2.45. The van der Waals surface area contributed by atoms with Crippen molar-refractivity contribution in [1.29, 1.82) is 0 Å². The summed E-state index contributed by atoms with van der Waals surface area (Å²) < 4.78 is 0. The van der Waals surface area contributed by atoms with Crippen LogP contribution in [0.4, 0.5) is 11.4 Å². The maximum atomic E-state index is 11.3. The SMILES string of the molecule is CCC1=CC(C)(CC)N(Cc2ccc(C)cc2)c2cc([N+](=O)[O-])ccc21. The van der Waals surface area contributed by atoms with Crippen molar-refractivity contribution in [1.82, 2.24) is 0 Å². The van der Waals surface area contributed by atoms with Gasteiger partial charge in [-0.3, -0.25) is 10.1 Å². The van der Waals surface area contributed by atoms with Crippen molar-refractivity contribution in [3.05, 3.63) is 75.3 Å². The first-order valence-electron chi connectivity index (χ1n) is 9.21. The largest absolute Gasteiger partial charge is 0.358 e. The molecule has 3 rings (SSSR count). The molecule has 0 N–H and O–H groups in total. The van der Waals surface area contributed by atoms with Gasteiger partial charge in [0.15, 0.2) is 0 Å². The van der Waals surface area contributed by atoms with Crippen LogP contribution in [0.5, 0.6) is 0 Å². The molecule has 0 radical (unpaired) electrons. The van der Waals surface area contributed by atoms with Gasteiger partial charge in [-0.1, -0.05) is 49.8 Å². The molecule has 0 aliphatic carbocycles. The van der Waals surface area contributed by atoms with Gasteiger partial charge in [-0.2, -0.15) is 0 Å². The fourth-order valence-corrected chi connectivity index (χ4v) is 3.66. The van der Waals surface area contributed by atoms with Gasteiger partial charge in [0.2, 0.25) is 0 Å². The summed E-state index contributed by atoms with van der Waals surface area (Å²) in [6.07, 6.45) is 4.19. The van der Waals surface area contributed by atoms with Crippen molar-refractivity contribution < 1.29 is 4.92 Å². The number of benzene rings is 2. The van der Waals surface area contributed by atoms with Crippen LogP contribution in [-0.4, -0.2) is 10.5 Å². The van der Waals surface area contributed by atoms with E-state index in [2.05, 4.69) is 62.9 Å². The number of rotatable bonds is 5. The summed E-state index contributed by atoms with van der Waals surface area (Å²) in [5, 5.41) is 11.3. The van der Waals surface area contributed by atoms with Crippen LogP contribution in [0.25, 0.3) is 5.57 Å². The zero-order valence-corrected chi connectivity index (χ0v) is 16.0. The molecule has 1 atom stereocenters. The monoisotopic (exact) mass is 350 g/mol. The lowest BCUT2D eigenvalue weighted by molar-refractivity contribution is -0.384. The van der Waals surface area contributed by atoms with E-state index >= 15 is 0 Å². The molecule has 0 fully saturated rings. The third-order valence-electron chi connectivity index (χ3n) is 5.49. The highest BCUT2D eigenvalue weighted by Gasteiger charge is 2.35. The Morgan fingerprint density at radius 2 is 1.81 bits per heavy atom. The van der Waals surface area contributed by atoms with Gasteiger partial charge in [0.05, 0.1) is 16.1 Å². The van der Waals surface area contributed by atoms with Crippen molar-refractivity contribution in [2.24, 2.45) is 0 Å². The summed E-state index contributed by atoms with van der Waals surface area (Å²) in [6, 6.07) is 13.8. The van der Waals surface area contributed by atoms with Crippen LogP contribution < -0.4 is 4.90 Å². The molecule has 0 amide bonds. The molecule has 0 aromatic heterocycles. The minimum atomic E-state index is -0.308. The van der Waals surface area contributed by atoms with Gasteiger partial charge in [-0.05, 0) is 43.9 Å². The quantitative estimate of drug-likeness (QED) is 0.499. The van der Waals surface area contributed by atoms with E-state index in [-0.39, 0.29) is 16.1 Å². The average Bonchev–Trinajstić information content (AvgIpc) is 2.64. The molecular formula is C22H26N2O2. The molecule has 0 bridgehead atoms. The number of fused-ring (bicyclic) bond motifs is 1. The lowest BCUT2D eigenvalue weighted by atomic mass is 9.83. The Morgan fingerprint density at radius 3 is 2.38 bits per heavy atom. The van der Waals surface area contributed by atoms with Gasteiger partial charge in [0.1, 0.15) is 0 Å². The van der Waals surface area contributed by atoms with Crippen molar-refractivity contribution in [2.45, 2.75) is 52.6 Å². The first-order chi connectivity index (χ1) is 12.4. The first kappa shape index (κ1) is 18.2. The van der Waals surface area contributed by atoms with E-state index in [9.17, 15) is 10.1 Å². The summed E-state index contributed by atoms with van der Waals surface area (Å²) in [5.41, 5.74) is 5.75. The van der Waals surface area contributed by atoms with E-state index in [4.69, 9.17) is 0 Å². The molecule has 1 unspecified atom stereocenters. The molecule has 4 nitrogen and oxygen atoms in total. The standard InChI is InChI=1S/C22H26N2O2/c1-5-18-14-22(4,6-2)23(15-17-9-7-16(3)8-10-17)21-13-19(24(25)26)11-12-20(18)21/h7-14H,5-6,15H2,1-4H3. The average molecular weight is 350 g/mol. The highest BCUT2D eigenvalue weighted by Crippen LogP contribution is 2.44. The Kier molecular flexibility index (Phi) is 4.86. The number of anilines is 1. The van der Waals surface area contributed by atoms with E-state index in [1.54, 1.807) is 12.1 Å². The number of hydrogen-bond acceptors (Lipinski definition) is 3. The third kappa shape index (κ3) is 3.24. The zero-order valence-electron chi connectivity index (χ0n) is 16.0. The van der Waals surface area contributed by atoms with E-state index in [0.717, 1.165) is 30.6 Å². The van der Waals surface area contributed by atoms with Crippen LogP contribution in [0, 0.1) is 17.0 Å². The van der Waals surface area contributed by atoms with Gasteiger partial charge >= 0.3 is 0 Å². The molecule has 1 aliphatic heterocycles. The number of nitrogens with zero attached hydrogens (tertiary/aromatic N) is 2. The molecule has 1 aliphatic rings. The van der Waals surface area contributed by atoms with E-state index < -0.39 is 0 Å². The van der Waals surface area contributed by atoms with E-state index in [1.807, 2.05) is 6.07 Å². The normalized spacial score (nSPS) is 19.1. The minimum absolute atomic E-state index is 0.147. The van der Waals surface area contributed by atoms with Crippen LogP contribution in [0.15, 0.2) is 48.5 Å². The van der Waals surface area contributed by atoms with Gasteiger partial charge in [0, 0.05) is 24.2 Å². The summed E-state index contributed by atoms with van der Waals surface area (Å²) in [6.45, 7) is 9.34. The fraction of sp³-hybridized carbons (Fsp3) is 0.364. The highest BCUT2D eigenvalue weighted by atomic mass is 16.6. The number of allylic oxidation sites excluding steroid dienone is 1. The lowest BCUT2D eigenvalue weighted by Crippen LogP contribution is -2.46. The number of nitro benzene ring substituents is 1. The van der Waals surface area contributed by atoms with Crippen molar-refractivity contribution in [3.63, 3.8) is 0 Å². The Morgan fingerprint density at radius 1 is 1.12 bits per heavy atom. The minimum Gasteiger partial charge on any atom is -0.358 e. The number of aryl methyl sites for hydroxylation is 1. The smallest absolute Gasteiger partial charge is 0.271 e. The summed E-state index contributed by atoms with van der Waals surface area (Å²) in [7, 11) is 0. The molecule has 4 heteroatoms. The Bertz CT molecular complexity index is 855. The Hall–Kier alpha value is -2.62. The molecule has 0 spiro atoms. The Labute approximate surface area is 155 Å². The highest BCUT2D eigenvalue weighted by molar-refractivity contribution is 5.83. The second-order valence-corrected chi connectivity index (χ2v) is 7.26. The molecular weight excluding hydrogens is 324 g/mol. The van der Waals surface area contributed by atoms with E-state index in [1.165, 1.54) is 16.7 Å². The number of non-ortho nitro benzene ring substituents is 1. The van der Waals surface area contributed by atoms with Crippen molar-refractivity contribution in [3.8, 4) is 0 Å². The fourth-order valence-electron chi connectivity index (χ4n) is 3.66. The van der Waals surface area contributed by atoms with Crippen molar-refractivity contribution in [2.75, 3.05) is 4.90 Å².